The van der Waals surface area contributed by atoms with Crippen LogP contribution >= 0.6 is 0 Å². The summed E-state index contributed by atoms with van der Waals surface area (Å²) in [6.07, 6.45) is 4.17. The highest BCUT2D eigenvalue weighted by molar-refractivity contribution is 5.76. The fraction of sp³-hybridized carbons (Fsp3) is 0.370. The number of benzene rings is 2. The Hall–Kier alpha value is -3.32. The molecular weight excluding hydrogens is 433 g/mol. The quantitative estimate of drug-likeness (QED) is 0.611. The van der Waals surface area contributed by atoms with Crippen LogP contribution < -0.4 is 5.56 Å². The number of amides is 1. The van der Waals surface area contributed by atoms with Gasteiger partial charge in [-0.3, -0.25) is 14.2 Å². The number of aromatic nitrogens is 2. The zero-order chi connectivity index (χ0) is 23.7. The number of likely N-dealkylation sites (tertiary alicyclic amines) is 1. The normalized spacial score (nSPS) is 23.8. The van der Waals surface area contributed by atoms with Crippen molar-refractivity contribution < 1.29 is 14.3 Å². The molecule has 7 heteroatoms. The minimum absolute atomic E-state index is 0.0925. The van der Waals surface area contributed by atoms with Gasteiger partial charge in [-0.15, -0.1) is 0 Å². The van der Waals surface area contributed by atoms with Crippen LogP contribution in [0, 0.1) is 17.7 Å². The van der Waals surface area contributed by atoms with Gasteiger partial charge < -0.3 is 10.0 Å². The van der Waals surface area contributed by atoms with E-state index in [2.05, 4.69) is 4.98 Å². The summed E-state index contributed by atoms with van der Waals surface area (Å²) in [5.74, 6) is -0.515. The van der Waals surface area contributed by atoms with Crippen LogP contribution in [-0.4, -0.2) is 44.2 Å². The Morgan fingerprint density at radius 1 is 1.06 bits per heavy atom. The summed E-state index contributed by atoms with van der Waals surface area (Å²) in [6.45, 7) is 1.12. The van der Waals surface area contributed by atoms with Crippen LogP contribution in [-0.2, 0) is 17.8 Å². The van der Waals surface area contributed by atoms with Gasteiger partial charge in [-0.25, -0.2) is 9.37 Å². The van der Waals surface area contributed by atoms with Crippen LogP contribution in [0.15, 0.2) is 71.8 Å². The molecule has 1 saturated heterocycles. The molecule has 2 aliphatic rings. The number of rotatable bonds is 6. The van der Waals surface area contributed by atoms with E-state index in [1.54, 1.807) is 18.2 Å². The molecule has 34 heavy (non-hydrogen) atoms. The van der Waals surface area contributed by atoms with E-state index in [4.69, 9.17) is 0 Å². The van der Waals surface area contributed by atoms with E-state index in [0.717, 1.165) is 18.4 Å². The van der Waals surface area contributed by atoms with Crippen molar-refractivity contribution in [3.63, 3.8) is 0 Å². The summed E-state index contributed by atoms with van der Waals surface area (Å²) in [4.78, 5) is 31.8. The average molecular weight is 462 g/mol. The lowest BCUT2D eigenvalue weighted by molar-refractivity contribution is -0.143. The molecular formula is C27H28FN3O3. The van der Waals surface area contributed by atoms with Crippen molar-refractivity contribution in [1.82, 2.24) is 14.5 Å². The SMILES string of the molecule is O=C(CCc1ccccc1)N1CC2CC[C@H](C1)C2(O)Cn1cnc(-c2ccccc2F)cc1=O. The van der Waals surface area contributed by atoms with E-state index in [9.17, 15) is 19.1 Å². The third kappa shape index (κ3) is 4.28. The second-order valence-corrected chi connectivity index (χ2v) is 9.47. The van der Waals surface area contributed by atoms with Crippen molar-refractivity contribution in [3.8, 4) is 11.3 Å². The Kier molecular flexibility index (Phi) is 6.04. The number of hydrogen-bond acceptors (Lipinski definition) is 4. The second kappa shape index (κ2) is 9.14. The molecule has 1 saturated carbocycles. The van der Waals surface area contributed by atoms with Gasteiger partial charge in [0.2, 0.25) is 5.91 Å². The van der Waals surface area contributed by atoms with E-state index in [1.807, 2.05) is 35.2 Å². The number of nitrogens with zero attached hydrogens (tertiary/aromatic N) is 3. The highest BCUT2D eigenvalue weighted by Gasteiger charge is 2.53. The molecule has 6 nitrogen and oxygen atoms in total. The molecule has 2 heterocycles. The number of carbonyl (C=O) groups excluding carboxylic acids is 1. The molecule has 1 N–H and O–H groups in total. The Morgan fingerprint density at radius 2 is 1.74 bits per heavy atom. The standard InChI is InChI=1S/C27H28FN3O3/c28-23-9-5-4-8-22(23)24-14-26(33)31(18-29-24)17-27(34)20-11-12-21(27)16-30(15-20)25(32)13-10-19-6-2-1-3-7-19/h1-9,14,18,20-21,34H,10-13,15-17H2/t20-,21?,27?/m1/s1. The summed E-state index contributed by atoms with van der Waals surface area (Å²) in [5.41, 5.74) is 0.280. The van der Waals surface area contributed by atoms with Gasteiger partial charge in [0, 0.05) is 43.0 Å². The molecule has 176 valence electrons. The molecule has 1 amide bonds. The smallest absolute Gasteiger partial charge is 0.253 e. The Morgan fingerprint density at radius 3 is 2.41 bits per heavy atom. The first-order valence-electron chi connectivity index (χ1n) is 11.8. The average Bonchev–Trinajstić information content (AvgIpc) is 3.01. The fourth-order valence-electron chi connectivity index (χ4n) is 5.49. The fourth-order valence-corrected chi connectivity index (χ4v) is 5.49. The molecule has 0 spiro atoms. The first-order valence-corrected chi connectivity index (χ1v) is 11.8. The summed E-state index contributed by atoms with van der Waals surface area (Å²) in [7, 11) is 0. The number of aliphatic hydroxyl groups is 1. The van der Waals surface area contributed by atoms with E-state index in [-0.39, 0.29) is 41.1 Å². The maximum Gasteiger partial charge on any atom is 0.253 e. The molecule has 1 aliphatic heterocycles. The minimum Gasteiger partial charge on any atom is -0.387 e. The molecule has 3 atom stereocenters. The summed E-state index contributed by atoms with van der Waals surface area (Å²) in [6, 6.07) is 17.5. The van der Waals surface area contributed by atoms with Gasteiger partial charge >= 0.3 is 0 Å². The second-order valence-electron chi connectivity index (χ2n) is 9.47. The van der Waals surface area contributed by atoms with E-state index in [1.165, 1.54) is 23.0 Å². The molecule has 1 aromatic heterocycles. The number of piperidine rings is 1. The number of carbonyl (C=O) groups is 1. The van der Waals surface area contributed by atoms with Crippen LogP contribution in [0.1, 0.15) is 24.8 Å². The number of halogens is 1. The maximum atomic E-state index is 14.1. The van der Waals surface area contributed by atoms with Crippen molar-refractivity contribution in [2.24, 2.45) is 11.8 Å². The molecule has 2 aromatic carbocycles. The minimum atomic E-state index is -1.07. The number of hydrogen-bond donors (Lipinski definition) is 1. The lowest BCUT2D eigenvalue weighted by Crippen LogP contribution is -2.57. The monoisotopic (exact) mass is 461 g/mol. The Balaban J connectivity index is 1.27. The van der Waals surface area contributed by atoms with Crippen LogP contribution in [0.5, 0.6) is 0 Å². The van der Waals surface area contributed by atoms with Crippen LogP contribution in [0.25, 0.3) is 11.3 Å². The lowest BCUT2D eigenvalue weighted by atomic mass is 9.80. The predicted octanol–water partition coefficient (Wildman–Crippen LogP) is 3.28. The van der Waals surface area contributed by atoms with Crippen LogP contribution in [0.4, 0.5) is 4.39 Å². The highest BCUT2D eigenvalue weighted by Crippen LogP contribution is 2.46. The van der Waals surface area contributed by atoms with Gasteiger partial charge in [0.15, 0.2) is 0 Å². The topological polar surface area (TPSA) is 75.4 Å². The molecule has 3 aromatic rings. The van der Waals surface area contributed by atoms with Gasteiger partial charge in [-0.2, -0.15) is 0 Å². The number of aryl methyl sites for hydroxylation is 1. The Labute approximate surface area is 197 Å². The van der Waals surface area contributed by atoms with Crippen LogP contribution in [0.2, 0.25) is 0 Å². The first-order chi connectivity index (χ1) is 16.4. The molecule has 1 aliphatic carbocycles. The van der Waals surface area contributed by atoms with Crippen molar-refractivity contribution in [2.75, 3.05) is 13.1 Å². The highest BCUT2D eigenvalue weighted by atomic mass is 19.1. The largest absolute Gasteiger partial charge is 0.387 e. The molecule has 2 bridgehead atoms. The van der Waals surface area contributed by atoms with Crippen molar-refractivity contribution >= 4 is 5.91 Å². The third-order valence-corrected chi connectivity index (χ3v) is 7.44. The van der Waals surface area contributed by atoms with Gasteiger partial charge in [-0.05, 0) is 37.0 Å². The zero-order valence-electron chi connectivity index (χ0n) is 18.9. The van der Waals surface area contributed by atoms with E-state index >= 15 is 0 Å². The van der Waals surface area contributed by atoms with Gasteiger partial charge in [0.25, 0.3) is 5.56 Å². The summed E-state index contributed by atoms with van der Waals surface area (Å²) < 4.78 is 15.5. The van der Waals surface area contributed by atoms with Crippen molar-refractivity contribution in [3.05, 3.63) is 88.7 Å². The Bertz CT molecular complexity index is 1230. The molecule has 2 fully saturated rings. The lowest BCUT2D eigenvalue weighted by Gasteiger charge is -2.44. The molecule has 5 rings (SSSR count). The first kappa shape index (κ1) is 22.5. The van der Waals surface area contributed by atoms with Crippen molar-refractivity contribution in [1.29, 1.82) is 0 Å². The third-order valence-electron chi connectivity index (χ3n) is 7.44. The molecule has 2 unspecified atom stereocenters. The van der Waals surface area contributed by atoms with Gasteiger partial charge in [-0.1, -0.05) is 42.5 Å². The summed E-state index contributed by atoms with van der Waals surface area (Å²) >= 11 is 0. The predicted molar refractivity (Wildman–Crippen MR) is 126 cm³/mol. The van der Waals surface area contributed by atoms with Crippen LogP contribution in [0.3, 0.4) is 0 Å². The van der Waals surface area contributed by atoms with E-state index < -0.39 is 11.4 Å². The number of fused-ring (bicyclic) bond motifs is 2. The van der Waals surface area contributed by atoms with E-state index in [0.29, 0.717) is 25.9 Å². The van der Waals surface area contributed by atoms with Crippen molar-refractivity contribution in [2.45, 2.75) is 37.8 Å². The molecule has 0 radical (unpaired) electrons. The zero-order valence-corrected chi connectivity index (χ0v) is 18.9. The summed E-state index contributed by atoms with van der Waals surface area (Å²) in [5, 5.41) is 11.6. The van der Waals surface area contributed by atoms with Gasteiger partial charge in [0.05, 0.1) is 24.2 Å². The maximum absolute atomic E-state index is 14.1. The van der Waals surface area contributed by atoms with Gasteiger partial charge in [0.1, 0.15) is 5.82 Å².